The van der Waals surface area contributed by atoms with E-state index < -0.39 is 0 Å². The lowest BCUT2D eigenvalue weighted by Crippen LogP contribution is -2.26. The van der Waals surface area contributed by atoms with Gasteiger partial charge >= 0.3 is 5.97 Å². The molecule has 6 nitrogen and oxygen atoms in total. The first kappa shape index (κ1) is 20.1. The molecule has 2 heterocycles. The van der Waals surface area contributed by atoms with Crippen LogP contribution in [-0.4, -0.2) is 34.6 Å². The van der Waals surface area contributed by atoms with Crippen LogP contribution in [-0.2, 0) is 20.9 Å². The Morgan fingerprint density at radius 2 is 1.87 bits per heavy atom. The molecule has 1 atom stereocenters. The monoisotopic (exact) mass is 405 g/mol. The van der Waals surface area contributed by atoms with Crippen LogP contribution in [0.4, 0.5) is 5.69 Å². The number of rotatable bonds is 5. The first-order chi connectivity index (χ1) is 14.4. The molecule has 1 saturated heterocycles. The minimum atomic E-state index is -0.298. The van der Waals surface area contributed by atoms with Crippen molar-refractivity contribution in [2.75, 3.05) is 18.1 Å². The van der Waals surface area contributed by atoms with E-state index in [1.165, 1.54) is 5.56 Å². The van der Waals surface area contributed by atoms with Crippen LogP contribution in [0.25, 0.3) is 11.0 Å². The summed E-state index contributed by atoms with van der Waals surface area (Å²) in [4.78, 5) is 31.9. The molecular formula is C24H27N3O3. The zero-order valence-electron chi connectivity index (χ0n) is 17.9. The number of carbonyl (C=O) groups is 2. The summed E-state index contributed by atoms with van der Waals surface area (Å²) in [6.07, 6.45) is 0.374. The highest BCUT2D eigenvalue weighted by atomic mass is 16.5. The standard InChI is InChI=1S/C24H27N3O3/c1-5-30-22(29)14-26-20-9-7-6-8-19(20)25-24(26)18-12-21(28)27(13-18)23-16(3)10-15(2)11-17(23)4/h6-11,18H,5,12-14H2,1-4H3. The molecule has 0 saturated carbocycles. The Labute approximate surface area is 176 Å². The van der Waals surface area contributed by atoms with E-state index >= 15 is 0 Å². The van der Waals surface area contributed by atoms with Crippen molar-refractivity contribution in [1.82, 2.24) is 9.55 Å². The highest BCUT2D eigenvalue weighted by Gasteiger charge is 2.36. The molecule has 0 radical (unpaired) electrons. The van der Waals surface area contributed by atoms with E-state index in [4.69, 9.17) is 9.72 Å². The Morgan fingerprint density at radius 3 is 2.57 bits per heavy atom. The largest absolute Gasteiger partial charge is 0.465 e. The van der Waals surface area contributed by atoms with Gasteiger partial charge in [-0.05, 0) is 51.0 Å². The van der Waals surface area contributed by atoms with Crippen LogP contribution < -0.4 is 4.90 Å². The van der Waals surface area contributed by atoms with Gasteiger partial charge in [0.05, 0.1) is 17.6 Å². The van der Waals surface area contributed by atoms with Crippen molar-refractivity contribution in [1.29, 1.82) is 0 Å². The Bertz CT molecular complexity index is 1110. The average molecular weight is 405 g/mol. The summed E-state index contributed by atoms with van der Waals surface area (Å²) >= 11 is 0. The van der Waals surface area contributed by atoms with E-state index in [2.05, 4.69) is 19.1 Å². The molecule has 0 N–H and O–H groups in total. The number of para-hydroxylation sites is 2. The Balaban J connectivity index is 1.72. The normalized spacial score (nSPS) is 16.5. The van der Waals surface area contributed by atoms with Gasteiger partial charge in [-0.3, -0.25) is 9.59 Å². The van der Waals surface area contributed by atoms with Gasteiger partial charge in [0, 0.05) is 24.6 Å². The number of fused-ring (bicyclic) bond motifs is 1. The molecule has 4 rings (SSSR count). The molecule has 0 spiro atoms. The molecule has 6 heteroatoms. The number of amides is 1. The fourth-order valence-electron chi connectivity index (χ4n) is 4.60. The lowest BCUT2D eigenvalue weighted by atomic mass is 10.0. The molecule has 1 aromatic heterocycles. The Morgan fingerprint density at radius 1 is 1.17 bits per heavy atom. The first-order valence-electron chi connectivity index (χ1n) is 10.4. The Kier molecular flexibility index (Phi) is 5.33. The molecule has 1 aliphatic heterocycles. The molecule has 0 aliphatic carbocycles. The van der Waals surface area contributed by atoms with Gasteiger partial charge in [0.15, 0.2) is 0 Å². The molecule has 2 aromatic carbocycles. The van der Waals surface area contributed by atoms with Gasteiger partial charge < -0.3 is 14.2 Å². The van der Waals surface area contributed by atoms with Crippen molar-refractivity contribution < 1.29 is 14.3 Å². The van der Waals surface area contributed by atoms with E-state index in [0.717, 1.165) is 33.7 Å². The average Bonchev–Trinajstić information content (AvgIpc) is 3.22. The number of hydrogen-bond acceptors (Lipinski definition) is 4. The van der Waals surface area contributed by atoms with Crippen LogP contribution >= 0.6 is 0 Å². The first-order valence-corrected chi connectivity index (χ1v) is 10.4. The van der Waals surface area contributed by atoms with E-state index in [9.17, 15) is 9.59 Å². The van der Waals surface area contributed by atoms with Gasteiger partial charge in [-0.2, -0.15) is 0 Å². The van der Waals surface area contributed by atoms with Crippen molar-refractivity contribution in [3.63, 3.8) is 0 Å². The summed E-state index contributed by atoms with van der Waals surface area (Å²) in [5, 5.41) is 0. The van der Waals surface area contributed by atoms with Crippen molar-refractivity contribution in [2.45, 2.75) is 46.6 Å². The fourth-order valence-corrected chi connectivity index (χ4v) is 4.60. The van der Waals surface area contributed by atoms with Crippen LogP contribution in [0.5, 0.6) is 0 Å². The number of aryl methyl sites for hydroxylation is 3. The maximum Gasteiger partial charge on any atom is 0.326 e. The molecule has 0 bridgehead atoms. The number of ether oxygens (including phenoxy) is 1. The zero-order chi connectivity index (χ0) is 21.4. The van der Waals surface area contributed by atoms with Crippen LogP contribution in [0.3, 0.4) is 0 Å². The minimum absolute atomic E-state index is 0.0839. The van der Waals surface area contributed by atoms with E-state index in [-0.39, 0.29) is 24.3 Å². The summed E-state index contributed by atoms with van der Waals surface area (Å²) < 4.78 is 7.08. The van der Waals surface area contributed by atoms with Crippen LogP contribution in [0, 0.1) is 20.8 Å². The van der Waals surface area contributed by atoms with Gasteiger partial charge in [-0.25, -0.2) is 4.98 Å². The maximum atomic E-state index is 13.0. The topological polar surface area (TPSA) is 64.4 Å². The number of aromatic nitrogens is 2. The van der Waals surface area contributed by atoms with Gasteiger partial charge in [0.25, 0.3) is 0 Å². The molecule has 3 aromatic rings. The van der Waals surface area contributed by atoms with Crippen LogP contribution in [0.1, 0.15) is 41.8 Å². The van der Waals surface area contributed by atoms with Crippen molar-refractivity contribution >= 4 is 28.6 Å². The van der Waals surface area contributed by atoms with Gasteiger partial charge in [0.2, 0.25) is 5.91 Å². The van der Waals surface area contributed by atoms with Crippen LogP contribution in [0.15, 0.2) is 36.4 Å². The molecule has 1 unspecified atom stereocenters. The summed E-state index contributed by atoms with van der Waals surface area (Å²) in [5.74, 6) is 0.472. The second-order valence-electron chi connectivity index (χ2n) is 8.00. The smallest absolute Gasteiger partial charge is 0.326 e. The summed E-state index contributed by atoms with van der Waals surface area (Å²) in [6, 6.07) is 12.0. The number of carbonyl (C=O) groups excluding carboxylic acids is 2. The predicted molar refractivity (Wildman–Crippen MR) is 117 cm³/mol. The second-order valence-corrected chi connectivity index (χ2v) is 8.00. The number of imidazole rings is 1. The molecular weight excluding hydrogens is 378 g/mol. The SMILES string of the molecule is CCOC(=O)Cn1c(C2CC(=O)N(c3c(C)cc(C)cc3C)C2)nc2ccccc21. The minimum Gasteiger partial charge on any atom is -0.465 e. The third-order valence-electron chi connectivity index (χ3n) is 5.67. The van der Waals surface area contributed by atoms with Crippen molar-refractivity contribution in [3.8, 4) is 0 Å². The van der Waals surface area contributed by atoms with Gasteiger partial charge in [-0.15, -0.1) is 0 Å². The highest BCUT2D eigenvalue weighted by molar-refractivity contribution is 5.98. The molecule has 156 valence electrons. The number of nitrogens with zero attached hydrogens (tertiary/aromatic N) is 3. The number of hydrogen-bond donors (Lipinski definition) is 0. The molecule has 1 amide bonds. The highest BCUT2D eigenvalue weighted by Crippen LogP contribution is 2.36. The van der Waals surface area contributed by atoms with E-state index in [1.807, 2.05) is 47.6 Å². The van der Waals surface area contributed by atoms with Crippen molar-refractivity contribution in [3.05, 3.63) is 58.9 Å². The predicted octanol–water partition coefficient (Wildman–Crippen LogP) is 4.05. The van der Waals surface area contributed by atoms with Crippen molar-refractivity contribution in [2.24, 2.45) is 0 Å². The molecule has 1 aliphatic rings. The number of esters is 1. The zero-order valence-corrected chi connectivity index (χ0v) is 17.9. The molecule has 30 heavy (non-hydrogen) atoms. The third-order valence-corrected chi connectivity index (χ3v) is 5.67. The number of benzene rings is 2. The van der Waals surface area contributed by atoms with E-state index in [1.54, 1.807) is 6.92 Å². The second kappa shape index (κ2) is 7.94. The number of anilines is 1. The maximum absolute atomic E-state index is 13.0. The lowest BCUT2D eigenvalue weighted by Gasteiger charge is -2.22. The summed E-state index contributed by atoms with van der Waals surface area (Å²) in [7, 11) is 0. The lowest BCUT2D eigenvalue weighted by molar-refractivity contribution is -0.143. The third kappa shape index (κ3) is 3.58. The quantitative estimate of drug-likeness (QED) is 0.601. The summed E-state index contributed by atoms with van der Waals surface area (Å²) in [5.41, 5.74) is 6.08. The fraction of sp³-hybridized carbons (Fsp3) is 0.375. The van der Waals surface area contributed by atoms with Gasteiger partial charge in [-0.1, -0.05) is 29.8 Å². The Hall–Kier alpha value is -3.15. The van der Waals surface area contributed by atoms with E-state index in [0.29, 0.717) is 19.6 Å². The molecule has 1 fully saturated rings. The summed E-state index contributed by atoms with van der Waals surface area (Å²) in [6.45, 7) is 8.94. The van der Waals surface area contributed by atoms with Crippen LogP contribution in [0.2, 0.25) is 0 Å². The van der Waals surface area contributed by atoms with Gasteiger partial charge in [0.1, 0.15) is 12.4 Å².